The summed E-state index contributed by atoms with van der Waals surface area (Å²) in [6.07, 6.45) is 3.71. The molecule has 0 bridgehead atoms. The Morgan fingerprint density at radius 3 is 3.12 bits per heavy atom. The van der Waals surface area contributed by atoms with E-state index in [0.717, 1.165) is 18.5 Å². The minimum Gasteiger partial charge on any atom is -0.376 e. The summed E-state index contributed by atoms with van der Waals surface area (Å²) in [4.78, 5) is 15.2. The molecule has 1 aromatic heterocycles. The maximum absolute atomic E-state index is 11.4. The predicted octanol–water partition coefficient (Wildman–Crippen LogP) is 0.644. The van der Waals surface area contributed by atoms with Gasteiger partial charge in [-0.2, -0.15) is 5.26 Å². The molecule has 1 aromatic rings. The van der Waals surface area contributed by atoms with E-state index in [9.17, 15) is 4.79 Å². The third-order valence-corrected chi connectivity index (χ3v) is 2.27. The van der Waals surface area contributed by atoms with Gasteiger partial charge in [0, 0.05) is 17.9 Å². The van der Waals surface area contributed by atoms with Gasteiger partial charge in [-0.05, 0) is 25.0 Å². The summed E-state index contributed by atoms with van der Waals surface area (Å²) in [6.45, 7) is 0.228. The third kappa shape index (κ3) is 2.95. The lowest BCUT2D eigenvalue weighted by Gasteiger charge is -2.06. The van der Waals surface area contributed by atoms with Gasteiger partial charge in [0.2, 0.25) is 5.91 Å². The number of hydrogen-bond donors (Lipinski definition) is 2. The second-order valence-corrected chi connectivity index (χ2v) is 3.74. The van der Waals surface area contributed by atoms with Crippen molar-refractivity contribution in [1.82, 2.24) is 10.3 Å². The highest BCUT2D eigenvalue weighted by Crippen LogP contribution is 2.18. The van der Waals surface area contributed by atoms with E-state index < -0.39 is 0 Å². The zero-order chi connectivity index (χ0) is 11.4. The molecule has 2 rings (SSSR count). The number of nitrogens with one attached hydrogen (secondary N) is 2. The van der Waals surface area contributed by atoms with Crippen molar-refractivity contribution in [3.05, 3.63) is 24.0 Å². The van der Waals surface area contributed by atoms with Gasteiger partial charge in [0.05, 0.1) is 6.54 Å². The fraction of sp³-hybridized carbons (Fsp3) is 0.364. The van der Waals surface area contributed by atoms with Crippen LogP contribution in [-0.4, -0.2) is 23.5 Å². The van der Waals surface area contributed by atoms with Gasteiger partial charge in [-0.15, -0.1) is 0 Å². The number of pyridine rings is 1. The van der Waals surface area contributed by atoms with E-state index in [2.05, 4.69) is 15.6 Å². The summed E-state index contributed by atoms with van der Waals surface area (Å²) in [5, 5.41) is 14.5. The zero-order valence-electron chi connectivity index (χ0n) is 8.73. The molecule has 82 valence electrons. The van der Waals surface area contributed by atoms with Gasteiger partial charge in [0.15, 0.2) is 0 Å². The lowest BCUT2D eigenvalue weighted by molar-refractivity contribution is -0.119. The largest absolute Gasteiger partial charge is 0.376 e. The van der Waals surface area contributed by atoms with Crippen LogP contribution < -0.4 is 10.6 Å². The van der Waals surface area contributed by atoms with Gasteiger partial charge in [-0.1, -0.05) is 0 Å². The Balaban J connectivity index is 1.83. The zero-order valence-corrected chi connectivity index (χ0v) is 8.73. The van der Waals surface area contributed by atoms with E-state index in [1.807, 2.05) is 6.07 Å². The van der Waals surface area contributed by atoms with E-state index in [4.69, 9.17) is 5.26 Å². The minimum absolute atomic E-state index is 0.0159. The predicted molar refractivity (Wildman–Crippen MR) is 58.6 cm³/mol. The normalized spacial score (nSPS) is 13.9. The van der Waals surface area contributed by atoms with Crippen molar-refractivity contribution in [1.29, 1.82) is 5.26 Å². The highest BCUT2D eigenvalue weighted by molar-refractivity contribution is 5.81. The number of rotatable bonds is 4. The first kappa shape index (κ1) is 10.4. The Morgan fingerprint density at radius 1 is 1.62 bits per heavy atom. The van der Waals surface area contributed by atoms with Gasteiger partial charge in [0.1, 0.15) is 11.8 Å². The standard InChI is InChI=1S/C11H12N4O/c12-6-10-5-9(3-4-13-10)14-7-11(16)15-8-1-2-8/h3-5,8H,1-2,7H2,(H,13,14)(H,15,16). The molecule has 0 unspecified atom stereocenters. The monoisotopic (exact) mass is 216 g/mol. The molecule has 1 saturated carbocycles. The van der Waals surface area contributed by atoms with Crippen LogP contribution in [0.15, 0.2) is 18.3 Å². The summed E-state index contributed by atoms with van der Waals surface area (Å²) in [7, 11) is 0. The molecule has 1 aliphatic carbocycles. The number of amides is 1. The molecule has 0 aliphatic heterocycles. The molecule has 5 heteroatoms. The first-order valence-electron chi connectivity index (χ1n) is 5.17. The highest BCUT2D eigenvalue weighted by atomic mass is 16.2. The van der Waals surface area contributed by atoms with Crippen LogP contribution in [0.2, 0.25) is 0 Å². The Morgan fingerprint density at radius 2 is 2.44 bits per heavy atom. The van der Waals surface area contributed by atoms with Gasteiger partial charge in [0.25, 0.3) is 0 Å². The van der Waals surface area contributed by atoms with Crippen molar-refractivity contribution in [2.45, 2.75) is 18.9 Å². The van der Waals surface area contributed by atoms with E-state index in [-0.39, 0.29) is 12.5 Å². The lowest BCUT2D eigenvalue weighted by Crippen LogP contribution is -2.31. The molecule has 1 fully saturated rings. The van der Waals surface area contributed by atoms with Gasteiger partial charge >= 0.3 is 0 Å². The van der Waals surface area contributed by atoms with Crippen LogP contribution in [0.25, 0.3) is 0 Å². The molecule has 0 atom stereocenters. The van der Waals surface area contributed by atoms with E-state index in [1.165, 1.54) is 0 Å². The minimum atomic E-state index is -0.0159. The topological polar surface area (TPSA) is 77.8 Å². The second-order valence-electron chi connectivity index (χ2n) is 3.74. The van der Waals surface area contributed by atoms with Crippen LogP contribution in [0.1, 0.15) is 18.5 Å². The van der Waals surface area contributed by atoms with Gasteiger partial charge in [-0.3, -0.25) is 4.79 Å². The molecule has 0 spiro atoms. The number of anilines is 1. The van der Waals surface area contributed by atoms with Crippen LogP contribution in [0.4, 0.5) is 5.69 Å². The Bertz CT molecular complexity index is 434. The number of carbonyl (C=O) groups is 1. The molecule has 0 radical (unpaired) electrons. The van der Waals surface area contributed by atoms with Crippen molar-refractivity contribution in [3.8, 4) is 6.07 Å². The molecule has 5 nitrogen and oxygen atoms in total. The SMILES string of the molecule is N#Cc1cc(NCC(=O)NC2CC2)ccn1. The summed E-state index contributed by atoms with van der Waals surface area (Å²) < 4.78 is 0. The van der Waals surface area contributed by atoms with E-state index in [0.29, 0.717) is 11.7 Å². The summed E-state index contributed by atoms with van der Waals surface area (Å²) in [6, 6.07) is 5.66. The first-order chi connectivity index (χ1) is 7.78. The number of nitriles is 1. The van der Waals surface area contributed by atoms with Crippen molar-refractivity contribution < 1.29 is 4.79 Å². The van der Waals surface area contributed by atoms with Crippen LogP contribution in [0.5, 0.6) is 0 Å². The van der Waals surface area contributed by atoms with E-state index >= 15 is 0 Å². The highest BCUT2D eigenvalue weighted by Gasteiger charge is 2.22. The number of nitrogens with zero attached hydrogens (tertiary/aromatic N) is 2. The molecule has 1 amide bonds. The van der Waals surface area contributed by atoms with Gasteiger partial charge in [-0.25, -0.2) is 4.98 Å². The number of hydrogen-bond acceptors (Lipinski definition) is 4. The lowest BCUT2D eigenvalue weighted by atomic mass is 10.3. The number of carbonyl (C=O) groups excluding carboxylic acids is 1. The third-order valence-electron chi connectivity index (χ3n) is 2.27. The quantitative estimate of drug-likeness (QED) is 0.774. The number of aromatic nitrogens is 1. The van der Waals surface area contributed by atoms with E-state index in [1.54, 1.807) is 18.3 Å². The second kappa shape index (κ2) is 4.62. The Kier molecular flexibility index (Phi) is 3.01. The molecule has 0 saturated heterocycles. The summed E-state index contributed by atoms with van der Waals surface area (Å²) >= 11 is 0. The molecule has 1 aliphatic rings. The summed E-state index contributed by atoms with van der Waals surface area (Å²) in [5.74, 6) is -0.0159. The maximum Gasteiger partial charge on any atom is 0.239 e. The van der Waals surface area contributed by atoms with Crippen molar-refractivity contribution >= 4 is 11.6 Å². The Hall–Kier alpha value is -2.09. The van der Waals surface area contributed by atoms with Crippen LogP contribution >= 0.6 is 0 Å². The summed E-state index contributed by atoms with van der Waals surface area (Å²) in [5.41, 5.74) is 1.07. The molecule has 1 heterocycles. The fourth-order valence-corrected chi connectivity index (χ4v) is 1.29. The fourth-order valence-electron chi connectivity index (χ4n) is 1.29. The maximum atomic E-state index is 11.4. The average molecular weight is 216 g/mol. The van der Waals surface area contributed by atoms with Gasteiger partial charge < -0.3 is 10.6 Å². The molecule has 0 aromatic carbocycles. The van der Waals surface area contributed by atoms with Crippen LogP contribution in [0.3, 0.4) is 0 Å². The van der Waals surface area contributed by atoms with Crippen molar-refractivity contribution in [2.75, 3.05) is 11.9 Å². The average Bonchev–Trinajstić information content (AvgIpc) is 3.10. The molecule has 2 N–H and O–H groups in total. The van der Waals surface area contributed by atoms with Crippen LogP contribution in [-0.2, 0) is 4.79 Å². The van der Waals surface area contributed by atoms with Crippen molar-refractivity contribution in [3.63, 3.8) is 0 Å². The van der Waals surface area contributed by atoms with Crippen molar-refractivity contribution in [2.24, 2.45) is 0 Å². The first-order valence-corrected chi connectivity index (χ1v) is 5.17. The van der Waals surface area contributed by atoms with Crippen LogP contribution in [0, 0.1) is 11.3 Å². The Labute approximate surface area is 93.5 Å². The molecular formula is C11H12N4O. The molecular weight excluding hydrogens is 204 g/mol. The smallest absolute Gasteiger partial charge is 0.239 e. The molecule has 16 heavy (non-hydrogen) atoms.